The second-order valence-electron chi connectivity index (χ2n) is 2.03. The van der Waals surface area contributed by atoms with Gasteiger partial charge < -0.3 is 21.7 Å². The zero-order valence-electron chi connectivity index (χ0n) is 8.43. The van der Waals surface area contributed by atoms with Gasteiger partial charge in [0.25, 0.3) is 0 Å². The Kier molecular flexibility index (Phi) is 22.5. The highest BCUT2D eigenvalue weighted by atomic mass is 16.4. The number of primary amides is 2. The summed E-state index contributed by atoms with van der Waals surface area (Å²) in [5.41, 5.74) is 8.06. The molecule has 2 amide bonds. The van der Waals surface area contributed by atoms with Gasteiger partial charge in [0.15, 0.2) is 0 Å². The molecule has 6 nitrogen and oxygen atoms in total. The molecule has 0 saturated carbocycles. The van der Waals surface area contributed by atoms with E-state index >= 15 is 0 Å². The quantitative estimate of drug-likeness (QED) is 0.512. The van der Waals surface area contributed by atoms with Gasteiger partial charge in [-0.1, -0.05) is 25.5 Å². The maximum Gasteiger partial charge on any atom is 0.402 e. The smallest absolute Gasteiger partial charge is 0.402 e. The first-order chi connectivity index (χ1) is 6.38. The van der Waals surface area contributed by atoms with Gasteiger partial charge in [0.05, 0.1) is 0 Å². The average Bonchev–Trinajstić information content (AvgIpc) is 1.98. The van der Waals surface area contributed by atoms with Gasteiger partial charge in [0.1, 0.15) is 0 Å². The summed E-state index contributed by atoms with van der Waals surface area (Å²) in [6, 6.07) is 0. The lowest BCUT2D eigenvalue weighted by Gasteiger charge is -1.76. The van der Waals surface area contributed by atoms with Crippen molar-refractivity contribution in [3.8, 4) is 0 Å². The number of allylic oxidation sites excluding steroid dienone is 2. The van der Waals surface area contributed by atoms with Gasteiger partial charge in [0.2, 0.25) is 0 Å². The Hall–Kier alpha value is -1.72. The molecule has 0 aromatic heterocycles. The monoisotopic (exact) mass is 206 g/mol. The highest BCUT2D eigenvalue weighted by Gasteiger charge is 1.65. The Bertz CT molecular complexity index is 149. The summed E-state index contributed by atoms with van der Waals surface area (Å²) in [7, 11) is 0. The molecule has 0 radical (unpaired) electrons. The molecule has 6 heteroatoms. The predicted molar refractivity (Wildman–Crippen MR) is 54.1 cm³/mol. The van der Waals surface area contributed by atoms with Crippen molar-refractivity contribution in [2.45, 2.75) is 26.7 Å². The topological polar surface area (TPSA) is 127 Å². The first kappa shape index (κ1) is 18.1. The summed E-state index contributed by atoms with van der Waals surface area (Å²) in [6.07, 6.45) is 4.10. The number of unbranched alkanes of at least 4 members (excludes halogenated alkanes) is 1. The largest absolute Gasteiger partial charge is 0.465 e. The van der Waals surface area contributed by atoms with Crippen LogP contribution in [0.4, 0.5) is 9.59 Å². The van der Waals surface area contributed by atoms with Crippen molar-refractivity contribution >= 4 is 12.2 Å². The summed E-state index contributed by atoms with van der Waals surface area (Å²) in [6.45, 7) is 4.23. The minimum Gasteiger partial charge on any atom is -0.465 e. The lowest BCUT2D eigenvalue weighted by molar-refractivity contribution is 0.204. The molecule has 0 atom stereocenters. The van der Waals surface area contributed by atoms with Crippen LogP contribution < -0.4 is 11.5 Å². The van der Waals surface area contributed by atoms with Gasteiger partial charge in [-0.3, -0.25) is 0 Å². The van der Waals surface area contributed by atoms with Gasteiger partial charge in [0, 0.05) is 0 Å². The van der Waals surface area contributed by atoms with E-state index in [1.54, 1.807) is 0 Å². The van der Waals surface area contributed by atoms with Crippen LogP contribution >= 0.6 is 0 Å². The first-order valence-corrected chi connectivity index (χ1v) is 3.96. The maximum absolute atomic E-state index is 8.78. The van der Waals surface area contributed by atoms with E-state index in [0.29, 0.717) is 0 Å². The first-order valence-electron chi connectivity index (χ1n) is 3.96. The SMILES string of the molecule is CC=CCCC.NC(=O)O.NC(=O)O. The molecule has 0 aliphatic carbocycles. The van der Waals surface area contributed by atoms with E-state index in [-0.39, 0.29) is 0 Å². The molecule has 0 aliphatic heterocycles. The van der Waals surface area contributed by atoms with E-state index in [9.17, 15) is 0 Å². The van der Waals surface area contributed by atoms with E-state index in [2.05, 4.69) is 37.5 Å². The Morgan fingerprint density at radius 2 is 1.50 bits per heavy atom. The molecule has 84 valence electrons. The van der Waals surface area contributed by atoms with Crippen LogP contribution in [-0.2, 0) is 0 Å². The Balaban J connectivity index is -0.000000135. The molecule has 0 unspecified atom stereocenters. The highest BCUT2D eigenvalue weighted by molar-refractivity contribution is 5.61. The second-order valence-corrected chi connectivity index (χ2v) is 2.03. The molecule has 0 spiro atoms. The molecule has 0 fully saturated rings. The van der Waals surface area contributed by atoms with Crippen molar-refractivity contribution in [2.75, 3.05) is 0 Å². The zero-order valence-corrected chi connectivity index (χ0v) is 8.43. The average molecular weight is 206 g/mol. The van der Waals surface area contributed by atoms with Crippen molar-refractivity contribution in [3.05, 3.63) is 12.2 Å². The number of amides is 2. The van der Waals surface area contributed by atoms with E-state index in [1.165, 1.54) is 12.8 Å². The van der Waals surface area contributed by atoms with Crippen molar-refractivity contribution in [1.29, 1.82) is 0 Å². The lowest BCUT2D eigenvalue weighted by Crippen LogP contribution is -2.03. The summed E-state index contributed by atoms with van der Waals surface area (Å²) in [5.74, 6) is 0. The van der Waals surface area contributed by atoms with E-state index < -0.39 is 12.2 Å². The van der Waals surface area contributed by atoms with Crippen molar-refractivity contribution in [3.63, 3.8) is 0 Å². The third-order valence-electron chi connectivity index (χ3n) is 0.691. The van der Waals surface area contributed by atoms with Crippen LogP contribution in [0.5, 0.6) is 0 Å². The minimum absolute atomic E-state index is 1.23. The number of nitrogens with two attached hydrogens (primary N) is 2. The van der Waals surface area contributed by atoms with Crippen molar-refractivity contribution < 1.29 is 19.8 Å². The standard InChI is InChI=1S/C6H12.2CH3NO2/c1-3-5-6-4-2;2*2-1(3)4/h3,5H,4,6H2,1-2H3;2*2H2,(H,3,4). The third kappa shape index (κ3) is 540. The number of carbonyl (C=O) groups is 2. The number of hydrogen-bond donors (Lipinski definition) is 4. The van der Waals surface area contributed by atoms with E-state index in [1.807, 2.05) is 0 Å². The Morgan fingerprint density at radius 1 is 1.21 bits per heavy atom. The number of hydrogen-bond acceptors (Lipinski definition) is 2. The Labute approximate surface area is 83.2 Å². The molecule has 6 N–H and O–H groups in total. The molecular formula is C8H18N2O4. The van der Waals surface area contributed by atoms with Crippen molar-refractivity contribution in [1.82, 2.24) is 0 Å². The molecule has 0 saturated heterocycles. The number of rotatable bonds is 2. The predicted octanol–water partition coefficient (Wildman–Crippen LogP) is 1.61. The molecule has 0 aromatic carbocycles. The summed E-state index contributed by atoms with van der Waals surface area (Å²) < 4.78 is 0. The van der Waals surface area contributed by atoms with Gasteiger partial charge >= 0.3 is 12.2 Å². The molecule has 0 bridgehead atoms. The van der Waals surface area contributed by atoms with Gasteiger partial charge in [-0.25, -0.2) is 9.59 Å². The molecular weight excluding hydrogens is 188 g/mol. The van der Waals surface area contributed by atoms with Crippen LogP contribution in [0.3, 0.4) is 0 Å². The summed E-state index contributed by atoms with van der Waals surface area (Å²) >= 11 is 0. The van der Waals surface area contributed by atoms with E-state index in [4.69, 9.17) is 19.8 Å². The summed E-state index contributed by atoms with van der Waals surface area (Å²) in [5, 5.41) is 14.4. The summed E-state index contributed by atoms with van der Waals surface area (Å²) in [4.78, 5) is 17.6. The second kappa shape index (κ2) is 17.4. The van der Waals surface area contributed by atoms with Gasteiger partial charge in [-0.2, -0.15) is 0 Å². The fourth-order valence-corrected chi connectivity index (χ4v) is 0.333. The molecule has 0 rings (SSSR count). The third-order valence-corrected chi connectivity index (χ3v) is 0.691. The minimum atomic E-state index is -1.33. The molecule has 14 heavy (non-hydrogen) atoms. The van der Waals surface area contributed by atoms with Crippen LogP contribution in [-0.4, -0.2) is 22.4 Å². The normalized spacial score (nSPS) is 7.86. The van der Waals surface area contributed by atoms with Crippen molar-refractivity contribution in [2.24, 2.45) is 11.5 Å². The van der Waals surface area contributed by atoms with Crippen LogP contribution in [0.2, 0.25) is 0 Å². The van der Waals surface area contributed by atoms with E-state index in [0.717, 1.165) is 0 Å². The fraction of sp³-hybridized carbons (Fsp3) is 0.500. The van der Waals surface area contributed by atoms with Gasteiger partial charge in [-0.15, -0.1) is 0 Å². The lowest BCUT2D eigenvalue weighted by atomic mass is 10.3. The number of carboxylic acid groups (broad SMARTS) is 2. The van der Waals surface area contributed by atoms with Crippen LogP contribution in [0.1, 0.15) is 26.7 Å². The van der Waals surface area contributed by atoms with Crippen LogP contribution in [0.15, 0.2) is 12.2 Å². The fourth-order valence-electron chi connectivity index (χ4n) is 0.333. The highest BCUT2D eigenvalue weighted by Crippen LogP contribution is 1.85. The van der Waals surface area contributed by atoms with Gasteiger partial charge in [-0.05, 0) is 13.3 Å². The Morgan fingerprint density at radius 3 is 1.57 bits per heavy atom. The van der Waals surface area contributed by atoms with Crippen LogP contribution in [0, 0.1) is 0 Å². The molecule has 0 aromatic rings. The molecule has 0 heterocycles. The molecule has 0 aliphatic rings. The zero-order chi connectivity index (χ0) is 12.0. The maximum atomic E-state index is 8.78. The van der Waals surface area contributed by atoms with Crippen LogP contribution in [0.25, 0.3) is 0 Å².